The Balaban J connectivity index is 3.05. The molecule has 1 amide bonds. The molecule has 0 aromatic rings. The fourth-order valence-corrected chi connectivity index (χ4v) is 0.554. The summed E-state index contributed by atoms with van der Waals surface area (Å²) in [7, 11) is 0. The van der Waals surface area contributed by atoms with Gasteiger partial charge in [-0.05, 0) is 19.1 Å². The van der Waals surface area contributed by atoms with Crippen LogP contribution < -0.4 is 5.32 Å². The Labute approximate surface area is 66.5 Å². The lowest BCUT2D eigenvalue weighted by molar-refractivity contribution is 0.147. The molecule has 0 saturated carbocycles. The molecule has 0 bridgehead atoms. The monoisotopic (exact) mass is 163 g/mol. The molecule has 0 aliphatic rings. The number of hydrogen-bond donors (Lipinski definition) is 2. The summed E-state index contributed by atoms with van der Waals surface area (Å²) < 4.78 is 4.72. The number of thiol groups is 1. The Morgan fingerprint density at radius 3 is 2.90 bits per heavy atom. The Morgan fingerprint density at radius 1 is 1.70 bits per heavy atom. The summed E-state index contributed by atoms with van der Waals surface area (Å²) in [4.78, 5) is 10.6. The third-order valence-corrected chi connectivity index (χ3v) is 1.17. The Kier molecular flexibility index (Phi) is 6.48. The Morgan fingerprint density at radius 2 is 2.40 bits per heavy atom. The zero-order chi connectivity index (χ0) is 7.82. The lowest BCUT2D eigenvalue weighted by atomic mass is 10.5. The summed E-state index contributed by atoms with van der Waals surface area (Å²) in [5, 5.41) is 2.52. The van der Waals surface area contributed by atoms with Crippen molar-refractivity contribution in [1.82, 2.24) is 5.32 Å². The quantitative estimate of drug-likeness (QED) is 0.480. The van der Waals surface area contributed by atoms with Crippen LogP contribution in [0, 0.1) is 0 Å². The topological polar surface area (TPSA) is 38.3 Å². The molecule has 0 radical (unpaired) electrons. The second-order valence-corrected chi connectivity index (χ2v) is 2.19. The van der Waals surface area contributed by atoms with Crippen LogP contribution in [-0.2, 0) is 4.74 Å². The maximum absolute atomic E-state index is 10.6. The normalized spacial score (nSPS) is 9.00. The van der Waals surface area contributed by atoms with Crippen LogP contribution in [-0.4, -0.2) is 25.0 Å². The first-order valence-corrected chi connectivity index (χ1v) is 3.96. The van der Waals surface area contributed by atoms with E-state index in [4.69, 9.17) is 4.74 Å². The summed E-state index contributed by atoms with van der Waals surface area (Å²) in [5.41, 5.74) is 0. The molecule has 0 saturated heterocycles. The minimum Gasteiger partial charge on any atom is -0.450 e. The van der Waals surface area contributed by atoms with Gasteiger partial charge in [-0.15, -0.1) is 0 Å². The van der Waals surface area contributed by atoms with Crippen molar-refractivity contribution < 1.29 is 9.53 Å². The van der Waals surface area contributed by atoms with Crippen LogP contribution in [0.15, 0.2) is 0 Å². The zero-order valence-corrected chi connectivity index (χ0v) is 6.99. The minimum absolute atomic E-state index is 0.343. The predicted octanol–water partition coefficient (Wildman–Crippen LogP) is 1.05. The fourth-order valence-electron chi connectivity index (χ4n) is 0.425. The van der Waals surface area contributed by atoms with Gasteiger partial charge in [0.1, 0.15) is 0 Å². The van der Waals surface area contributed by atoms with Crippen LogP contribution in [0.1, 0.15) is 13.3 Å². The number of carbonyl (C=O) groups excluding carboxylic acids is 1. The molecule has 60 valence electrons. The Hall–Kier alpha value is -0.380. The van der Waals surface area contributed by atoms with Crippen molar-refractivity contribution in [3.63, 3.8) is 0 Å². The van der Waals surface area contributed by atoms with E-state index in [1.54, 1.807) is 0 Å². The molecule has 0 unspecified atom stereocenters. The van der Waals surface area contributed by atoms with Crippen molar-refractivity contribution in [2.75, 3.05) is 18.9 Å². The first-order valence-electron chi connectivity index (χ1n) is 3.32. The van der Waals surface area contributed by atoms with Gasteiger partial charge in [0.15, 0.2) is 0 Å². The van der Waals surface area contributed by atoms with E-state index in [0.717, 1.165) is 12.2 Å². The Bertz CT molecular complexity index is 97.7. The lowest BCUT2D eigenvalue weighted by Gasteiger charge is -2.02. The molecule has 3 nitrogen and oxygen atoms in total. The molecule has 1 N–H and O–H groups in total. The van der Waals surface area contributed by atoms with Crippen LogP contribution >= 0.6 is 12.6 Å². The minimum atomic E-state index is -0.343. The number of amides is 1. The fraction of sp³-hybridized carbons (Fsp3) is 0.833. The number of nitrogens with one attached hydrogen (secondary N) is 1. The largest absolute Gasteiger partial charge is 0.450 e. The molecule has 0 atom stereocenters. The van der Waals surface area contributed by atoms with Crippen molar-refractivity contribution >= 4 is 18.7 Å². The van der Waals surface area contributed by atoms with E-state index in [0.29, 0.717) is 13.2 Å². The highest BCUT2D eigenvalue weighted by Gasteiger charge is 1.96. The number of carbonyl (C=O) groups is 1. The molecular weight excluding hydrogens is 150 g/mol. The summed E-state index contributed by atoms with van der Waals surface area (Å²) in [6.45, 7) is 2.91. The van der Waals surface area contributed by atoms with Crippen LogP contribution in [0.4, 0.5) is 4.79 Å². The average molecular weight is 163 g/mol. The van der Waals surface area contributed by atoms with Gasteiger partial charge >= 0.3 is 6.09 Å². The summed E-state index contributed by atoms with van der Waals surface area (Å²) in [6.07, 6.45) is 0.463. The van der Waals surface area contributed by atoms with E-state index < -0.39 is 0 Å². The van der Waals surface area contributed by atoms with Gasteiger partial charge in [0.05, 0.1) is 6.61 Å². The van der Waals surface area contributed by atoms with Gasteiger partial charge in [0, 0.05) is 6.54 Å². The third-order valence-electron chi connectivity index (χ3n) is 0.857. The molecule has 0 aromatic carbocycles. The number of alkyl carbamates (subject to hydrolysis) is 1. The molecule has 10 heavy (non-hydrogen) atoms. The standard InChI is InChI=1S/C6H13NO2S/c1-2-7-6(8)9-4-3-5-10/h10H,2-5H2,1H3,(H,7,8). The van der Waals surface area contributed by atoms with E-state index in [1.165, 1.54) is 0 Å². The van der Waals surface area contributed by atoms with Gasteiger partial charge in [-0.25, -0.2) is 4.79 Å². The third kappa shape index (κ3) is 5.75. The van der Waals surface area contributed by atoms with Crippen LogP contribution in [0.2, 0.25) is 0 Å². The molecule has 0 aliphatic carbocycles. The van der Waals surface area contributed by atoms with E-state index in [2.05, 4.69) is 17.9 Å². The smallest absolute Gasteiger partial charge is 0.407 e. The molecule has 4 heteroatoms. The van der Waals surface area contributed by atoms with Gasteiger partial charge in [-0.2, -0.15) is 12.6 Å². The van der Waals surface area contributed by atoms with Crippen LogP contribution in [0.5, 0.6) is 0 Å². The maximum Gasteiger partial charge on any atom is 0.407 e. The highest BCUT2D eigenvalue weighted by molar-refractivity contribution is 7.80. The van der Waals surface area contributed by atoms with Crippen molar-refractivity contribution in [2.24, 2.45) is 0 Å². The van der Waals surface area contributed by atoms with Crippen molar-refractivity contribution in [3.8, 4) is 0 Å². The molecule has 0 aliphatic heterocycles. The predicted molar refractivity (Wildman–Crippen MR) is 43.5 cm³/mol. The SMILES string of the molecule is CCNC(=O)OCCCS. The van der Waals surface area contributed by atoms with Crippen LogP contribution in [0.25, 0.3) is 0 Å². The first kappa shape index (κ1) is 9.62. The lowest BCUT2D eigenvalue weighted by Crippen LogP contribution is -2.24. The van der Waals surface area contributed by atoms with Gasteiger partial charge in [-0.3, -0.25) is 0 Å². The second kappa shape index (κ2) is 6.74. The number of rotatable bonds is 4. The van der Waals surface area contributed by atoms with Crippen LogP contribution in [0.3, 0.4) is 0 Å². The van der Waals surface area contributed by atoms with Gasteiger partial charge < -0.3 is 10.1 Å². The van der Waals surface area contributed by atoms with E-state index in [9.17, 15) is 4.79 Å². The van der Waals surface area contributed by atoms with Gasteiger partial charge in [0.25, 0.3) is 0 Å². The number of ether oxygens (including phenoxy) is 1. The number of hydrogen-bond acceptors (Lipinski definition) is 3. The van der Waals surface area contributed by atoms with E-state index >= 15 is 0 Å². The summed E-state index contributed by atoms with van der Waals surface area (Å²) >= 11 is 3.96. The molecule has 0 rings (SSSR count). The molecule has 0 fully saturated rings. The second-order valence-electron chi connectivity index (χ2n) is 1.74. The highest BCUT2D eigenvalue weighted by atomic mass is 32.1. The van der Waals surface area contributed by atoms with Crippen molar-refractivity contribution in [1.29, 1.82) is 0 Å². The first-order chi connectivity index (χ1) is 4.81. The molecule has 0 aromatic heterocycles. The molecule has 0 spiro atoms. The van der Waals surface area contributed by atoms with Gasteiger partial charge in [0.2, 0.25) is 0 Å². The van der Waals surface area contributed by atoms with E-state index in [-0.39, 0.29) is 6.09 Å². The molecular formula is C6H13NO2S. The average Bonchev–Trinajstić information content (AvgIpc) is 1.89. The summed E-state index contributed by atoms with van der Waals surface area (Å²) in [5.74, 6) is 0.749. The summed E-state index contributed by atoms with van der Waals surface area (Å²) in [6, 6.07) is 0. The van der Waals surface area contributed by atoms with E-state index in [1.807, 2.05) is 6.92 Å². The van der Waals surface area contributed by atoms with Crippen molar-refractivity contribution in [2.45, 2.75) is 13.3 Å². The molecule has 0 heterocycles. The zero-order valence-electron chi connectivity index (χ0n) is 6.09. The van der Waals surface area contributed by atoms with Crippen molar-refractivity contribution in [3.05, 3.63) is 0 Å². The highest BCUT2D eigenvalue weighted by Crippen LogP contribution is 1.85. The van der Waals surface area contributed by atoms with Gasteiger partial charge in [-0.1, -0.05) is 0 Å². The maximum atomic E-state index is 10.6.